The third kappa shape index (κ3) is 8.16. The molecule has 0 saturated carbocycles. The molecule has 0 fully saturated rings. The van der Waals surface area contributed by atoms with E-state index in [2.05, 4.69) is 25.6 Å². The number of carbonyl (C=O) groups excluding carboxylic acids is 1. The molecule has 1 aromatic carbocycles. The Hall–Kier alpha value is -3.52. The number of hydrogen-bond acceptors (Lipinski definition) is 7. The van der Waals surface area contributed by atoms with Crippen molar-refractivity contribution in [1.82, 2.24) is 20.3 Å². The van der Waals surface area contributed by atoms with E-state index in [1.807, 2.05) is 69.6 Å². The van der Waals surface area contributed by atoms with E-state index in [1.54, 1.807) is 6.20 Å². The van der Waals surface area contributed by atoms with E-state index < -0.39 is 11.7 Å². The maximum absolute atomic E-state index is 11.6. The number of amides is 1. The number of anilines is 2. The van der Waals surface area contributed by atoms with Gasteiger partial charge in [-0.05, 0) is 69.0 Å². The molecule has 3 rings (SSSR count). The molecule has 0 saturated heterocycles. The van der Waals surface area contributed by atoms with E-state index in [-0.39, 0.29) is 6.61 Å². The Kier molecular flexibility index (Phi) is 8.32. The van der Waals surface area contributed by atoms with Crippen LogP contribution < -0.4 is 10.6 Å². The Morgan fingerprint density at radius 1 is 1.03 bits per heavy atom. The molecule has 3 N–H and O–H groups in total. The van der Waals surface area contributed by atoms with Gasteiger partial charge in [-0.2, -0.15) is 0 Å². The average Bonchev–Trinajstić information content (AvgIpc) is 2.78. The number of carbonyl (C=O) groups is 1. The van der Waals surface area contributed by atoms with Crippen LogP contribution in [0.5, 0.6) is 0 Å². The van der Waals surface area contributed by atoms with Crippen LogP contribution >= 0.6 is 0 Å². The summed E-state index contributed by atoms with van der Waals surface area (Å²) in [4.78, 5) is 25.0. The van der Waals surface area contributed by atoms with Crippen molar-refractivity contribution in [3.63, 3.8) is 0 Å². The summed E-state index contributed by atoms with van der Waals surface area (Å²) in [6.45, 7) is 6.07. The second-order valence-electron chi connectivity index (χ2n) is 8.69. The number of pyridine rings is 1. The van der Waals surface area contributed by atoms with E-state index in [4.69, 9.17) is 4.74 Å². The Morgan fingerprint density at radius 2 is 1.82 bits per heavy atom. The van der Waals surface area contributed by atoms with Crippen molar-refractivity contribution in [2.75, 3.05) is 11.9 Å². The number of nitrogens with one attached hydrogen (secondary N) is 2. The molecular formula is C25H31N5O3. The molecular weight excluding hydrogens is 418 g/mol. The van der Waals surface area contributed by atoms with Crippen molar-refractivity contribution in [2.24, 2.45) is 0 Å². The lowest BCUT2D eigenvalue weighted by Gasteiger charge is -2.19. The highest BCUT2D eigenvalue weighted by atomic mass is 16.6. The predicted octanol–water partition coefficient (Wildman–Crippen LogP) is 4.62. The summed E-state index contributed by atoms with van der Waals surface area (Å²) in [5, 5.41) is 15.3. The van der Waals surface area contributed by atoms with E-state index in [9.17, 15) is 9.90 Å². The lowest BCUT2D eigenvalue weighted by molar-refractivity contribution is 0.0527. The highest BCUT2D eigenvalue weighted by molar-refractivity contribution is 5.68. The van der Waals surface area contributed by atoms with Crippen molar-refractivity contribution < 1.29 is 14.6 Å². The van der Waals surface area contributed by atoms with Gasteiger partial charge in [0.1, 0.15) is 17.2 Å². The molecule has 0 aliphatic heterocycles. The van der Waals surface area contributed by atoms with E-state index in [1.165, 1.54) is 0 Å². The minimum Gasteiger partial charge on any atom is -0.444 e. The molecule has 0 unspecified atom stereocenters. The topological polar surface area (TPSA) is 109 Å². The van der Waals surface area contributed by atoms with Gasteiger partial charge in [0.2, 0.25) is 0 Å². The van der Waals surface area contributed by atoms with Crippen molar-refractivity contribution >= 4 is 17.6 Å². The number of hydrogen-bond donors (Lipinski definition) is 3. The van der Waals surface area contributed by atoms with Gasteiger partial charge in [0, 0.05) is 42.8 Å². The number of aliphatic hydroxyl groups is 1. The second kappa shape index (κ2) is 11.4. The zero-order valence-corrected chi connectivity index (χ0v) is 19.3. The molecule has 33 heavy (non-hydrogen) atoms. The molecule has 8 nitrogen and oxygen atoms in total. The van der Waals surface area contributed by atoms with Crippen molar-refractivity contribution in [3.8, 4) is 11.1 Å². The van der Waals surface area contributed by atoms with E-state index >= 15 is 0 Å². The molecule has 0 aliphatic rings. The molecule has 0 spiro atoms. The summed E-state index contributed by atoms with van der Waals surface area (Å²) in [7, 11) is 0. The number of benzene rings is 1. The third-order valence-corrected chi connectivity index (χ3v) is 4.68. The molecule has 0 aliphatic carbocycles. The van der Waals surface area contributed by atoms with Gasteiger partial charge in [0.25, 0.3) is 0 Å². The molecule has 0 radical (unpaired) electrons. The van der Waals surface area contributed by atoms with Gasteiger partial charge in [-0.3, -0.25) is 0 Å². The minimum absolute atomic E-state index is 0.00701. The molecule has 3 aromatic rings. The lowest BCUT2D eigenvalue weighted by Crippen LogP contribution is -2.33. The van der Waals surface area contributed by atoms with Crippen LogP contribution in [0.25, 0.3) is 11.1 Å². The number of unbranched alkanes of at least 4 members (excludes halogenated alkanes) is 1. The van der Waals surface area contributed by atoms with Gasteiger partial charge in [0.15, 0.2) is 0 Å². The number of ether oxygens (including phenoxy) is 1. The third-order valence-electron chi connectivity index (χ3n) is 4.68. The molecule has 2 aromatic heterocycles. The fourth-order valence-electron chi connectivity index (χ4n) is 3.12. The first kappa shape index (κ1) is 24.1. The normalized spacial score (nSPS) is 11.2. The first-order valence-electron chi connectivity index (χ1n) is 11.0. The quantitative estimate of drug-likeness (QED) is 0.409. The number of nitrogens with zero attached hydrogens (tertiary/aromatic N) is 3. The first-order chi connectivity index (χ1) is 15.8. The number of rotatable bonds is 9. The highest BCUT2D eigenvalue weighted by Crippen LogP contribution is 2.22. The summed E-state index contributed by atoms with van der Waals surface area (Å²) < 4.78 is 5.22. The van der Waals surface area contributed by atoms with Crippen LogP contribution in [0, 0.1) is 0 Å². The number of aliphatic hydroxyl groups excluding tert-OH is 1. The Balaban J connectivity index is 1.49. The van der Waals surface area contributed by atoms with Crippen molar-refractivity contribution in [2.45, 2.75) is 52.2 Å². The van der Waals surface area contributed by atoms with Crippen LogP contribution in [0.15, 0.2) is 55.0 Å². The monoisotopic (exact) mass is 449 g/mol. The zero-order valence-electron chi connectivity index (χ0n) is 19.3. The first-order valence-corrected chi connectivity index (χ1v) is 11.0. The molecule has 8 heteroatoms. The molecule has 0 bridgehead atoms. The fourth-order valence-corrected chi connectivity index (χ4v) is 3.12. The number of aromatic nitrogens is 3. The molecule has 2 heterocycles. The van der Waals surface area contributed by atoms with Crippen LogP contribution in [0.4, 0.5) is 16.3 Å². The van der Waals surface area contributed by atoms with E-state index in [0.29, 0.717) is 12.4 Å². The van der Waals surface area contributed by atoms with Crippen LogP contribution in [0.3, 0.4) is 0 Å². The van der Waals surface area contributed by atoms with Crippen molar-refractivity contribution in [3.05, 3.63) is 66.4 Å². The smallest absolute Gasteiger partial charge is 0.407 e. The standard InChI is InChI=1S/C25H31N5O3/c1-25(2,3)33-24(32)27-11-5-4-9-22-28-15-20(16-29-22)19-10-12-26-23(14-19)30-21-8-6-7-18(13-21)17-31/h6-8,10,12-16,31H,4-5,9,11,17H2,1-3H3,(H,26,30)(H,27,32). The Morgan fingerprint density at radius 3 is 2.55 bits per heavy atom. The molecule has 0 atom stereocenters. The maximum Gasteiger partial charge on any atom is 0.407 e. The predicted molar refractivity (Wildman–Crippen MR) is 128 cm³/mol. The van der Waals surface area contributed by atoms with Gasteiger partial charge in [-0.1, -0.05) is 12.1 Å². The van der Waals surface area contributed by atoms with Gasteiger partial charge in [-0.25, -0.2) is 19.7 Å². The SMILES string of the molecule is CC(C)(C)OC(=O)NCCCCc1ncc(-c2ccnc(Nc3cccc(CO)c3)c2)cn1. The lowest BCUT2D eigenvalue weighted by atomic mass is 10.1. The summed E-state index contributed by atoms with van der Waals surface area (Å²) in [6, 6.07) is 11.4. The molecule has 1 amide bonds. The summed E-state index contributed by atoms with van der Waals surface area (Å²) >= 11 is 0. The minimum atomic E-state index is -0.490. The van der Waals surface area contributed by atoms with Crippen LogP contribution in [-0.2, 0) is 17.8 Å². The van der Waals surface area contributed by atoms with Gasteiger partial charge in [0.05, 0.1) is 6.61 Å². The molecule has 174 valence electrons. The van der Waals surface area contributed by atoms with Gasteiger partial charge >= 0.3 is 6.09 Å². The van der Waals surface area contributed by atoms with Crippen LogP contribution in [0.2, 0.25) is 0 Å². The Bertz CT molecular complexity index is 1050. The fraction of sp³-hybridized carbons (Fsp3) is 0.360. The maximum atomic E-state index is 11.6. The largest absolute Gasteiger partial charge is 0.444 e. The number of aryl methyl sites for hydroxylation is 1. The highest BCUT2D eigenvalue weighted by Gasteiger charge is 2.15. The van der Waals surface area contributed by atoms with Gasteiger partial charge in [-0.15, -0.1) is 0 Å². The van der Waals surface area contributed by atoms with Crippen LogP contribution in [-0.4, -0.2) is 38.3 Å². The summed E-state index contributed by atoms with van der Waals surface area (Å²) in [5.41, 5.74) is 3.06. The second-order valence-corrected chi connectivity index (χ2v) is 8.69. The van der Waals surface area contributed by atoms with Crippen LogP contribution in [0.1, 0.15) is 45.0 Å². The number of alkyl carbamates (subject to hydrolysis) is 1. The van der Waals surface area contributed by atoms with Crippen molar-refractivity contribution in [1.29, 1.82) is 0 Å². The average molecular weight is 450 g/mol. The summed E-state index contributed by atoms with van der Waals surface area (Å²) in [6.07, 6.45) is 7.39. The van der Waals surface area contributed by atoms with Gasteiger partial charge < -0.3 is 20.5 Å². The van der Waals surface area contributed by atoms with E-state index in [0.717, 1.165) is 47.5 Å². The zero-order chi connectivity index (χ0) is 23.7. The Labute approximate surface area is 194 Å². The summed E-state index contributed by atoms with van der Waals surface area (Å²) in [5.74, 6) is 1.47.